The van der Waals surface area contributed by atoms with Crippen LogP contribution < -0.4 is 16.0 Å². The van der Waals surface area contributed by atoms with E-state index in [1.54, 1.807) is 12.1 Å². The molecule has 1 aliphatic carbocycles. The Morgan fingerprint density at radius 1 is 1.00 bits per heavy atom. The predicted octanol–water partition coefficient (Wildman–Crippen LogP) is 0.805. The van der Waals surface area contributed by atoms with Gasteiger partial charge in [-0.2, -0.15) is 5.10 Å². The molecule has 1 aliphatic heterocycles. The van der Waals surface area contributed by atoms with Crippen LogP contribution in [0.3, 0.4) is 0 Å². The van der Waals surface area contributed by atoms with Crippen molar-refractivity contribution >= 4 is 28.6 Å². The van der Waals surface area contributed by atoms with Gasteiger partial charge in [0.1, 0.15) is 6.04 Å². The summed E-state index contributed by atoms with van der Waals surface area (Å²) in [4.78, 5) is 41.9. The highest BCUT2D eigenvalue weighted by Crippen LogP contribution is 2.25. The van der Waals surface area contributed by atoms with Crippen molar-refractivity contribution in [3.05, 3.63) is 65.9 Å². The lowest BCUT2D eigenvalue weighted by molar-refractivity contribution is -0.933. The molecular formula is C27H33N6O3+. The summed E-state index contributed by atoms with van der Waals surface area (Å²) in [6, 6.07) is 16.1. The second-order valence-corrected chi connectivity index (χ2v) is 9.82. The third kappa shape index (κ3) is 4.83. The molecule has 2 heterocycles. The Hall–Kier alpha value is -3.72. The molecule has 0 unspecified atom stereocenters. The number of nitrogens with one attached hydrogen (secondary N) is 3. The lowest BCUT2D eigenvalue weighted by Crippen LogP contribution is -3.19. The molecule has 0 bridgehead atoms. The van der Waals surface area contributed by atoms with Gasteiger partial charge in [-0.25, -0.2) is 0 Å². The topological polar surface area (TPSA) is 126 Å². The standard InChI is InChI=1S/C27H32N6O3/c28-25(34)23(18-8-2-1-3-9-18)29-26(35)20-11-5-7-13-22(20)32-14-16-33(17-15-32)27(36)24-19-10-4-6-12-21(19)30-31-24/h1-4,6,8-10,12,20,22-23H,5,7,11,13-17H2,(H2,28,34)(H,29,35)(H,30,31)/p+1/t20-,22-,23+/m1/s1. The summed E-state index contributed by atoms with van der Waals surface area (Å²) in [5.74, 6) is -0.915. The number of hydrogen-bond acceptors (Lipinski definition) is 4. The number of aromatic amines is 1. The van der Waals surface area contributed by atoms with Crippen LogP contribution in [0, 0.1) is 5.92 Å². The number of para-hydroxylation sites is 1. The molecule has 36 heavy (non-hydrogen) atoms. The van der Waals surface area contributed by atoms with Gasteiger partial charge < -0.3 is 20.9 Å². The van der Waals surface area contributed by atoms with Crippen LogP contribution >= 0.6 is 0 Å². The van der Waals surface area contributed by atoms with Crippen LogP contribution in [-0.4, -0.2) is 65.0 Å². The third-order valence-corrected chi connectivity index (χ3v) is 7.70. The number of nitrogens with zero attached hydrogens (tertiary/aromatic N) is 2. The zero-order valence-electron chi connectivity index (χ0n) is 20.3. The van der Waals surface area contributed by atoms with Gasteiger partial charge in [0.05, 0.1) is 43.7 Å². The smallest absolute Gasteiger partial charge is 0.275 e. The largest absolute Gasteiger partial charge is 0.368 e. The van der Waals surface area contributed by atoms with Crippen molar-refractivity contribution in [2.24, 2.45) is 11.7 Å². The lowest BCUT2D eigenvalue weighted by atomic mass is 9.82. The van der Waals surface area contributed by atoms with Crippen LogP contribution in [0.5, 0.6) is 0 Å². The maximum Gasteiger partial charge on any atom is 0.275 e. The molecule has 5 N–H and O–H groups in total. The van der Waals surface area contributed by atoms with Crippen LogP contribution in [0.1, 0.15) is 47.8 Å². The van der Waals surface area contributed by atoms with Gasteiger partial charge in [0.25, 0.3) is 5.91 Å². The molecule has 9 heteroatoms. The summed E-state index contributed by atoms with van der Waals surface area (Å²) in [6.45, 7) is 2.79. The van der Waals surface area contributed by atoms with E-state index in [0.717, 1.165) is 49.7 Å². The van der Waals surface area contributed by atoms with Gasteiger partial charge in [0.2, 0.25) is 11.8 Å². The maximum absolute atomic E-state index is 13.4. The Balaban J connectivity index is 1.24. The van der Waals surface area contributed by atoms with E-state index in [4.69, 9.17) is 5.73 Å². The molecule has 1 saturated heterocycles. The van der Waals surface area contributed by atoms with Crippen LogP contribution in [0.4, 0.5) is 0 Å². The Morgan fingerprint density at radius 3 is 2.44 bits per heavy atom. The molecule has 3 atom stereocenters. The summed E-state index contributed by atoms with van der Waals surface area (Å²) in [6.07, 6.45) is 3.82. The molecule has 188 valence electrons. The first-order valence-corrected chi connectivity index (χ1v) is 12.7. The SMILES string of the molecule is NC(=O)[C@@H](NC(=O)[C@@H]1CCCC[C@H]1[NH+]1CCN(C(=O)c2n[nH]c3ccccc23)CC1)c1ccccc1. The van der Waals surface area contributed by atoms with Crippen molar-refractivity contribution in [2.45, 2.75) is 37.8 Å². The molecule has 0 spiro atoms. The second-order valence-electron chi connectivity index (χ2n) is 9.82. The summed E-state index contributed by atoms with van der Waals surface area (Å²) >= 11 is 0. The van der Waals surface area contributed by atoms with Gasteiger partial charge in [0, 0.05) is 11.8 Å². The molecule has 5 rings (SSSR count). The first-order chi connectivity index (χ1) is 17.5. The predicted molar refractivity (Wildman–Crippen MR) is 135 cm³/mol. The quantitative estimate of drug-likeness (QED) is 0.409. The van der Waals surface area contributed by atoms with E-state index in [9.17, 15) is 14.4 Å². The van der Waals surface area contributed by atoms with Gasteiger partial charge >= 0.3 is 0 Å². The molecule has 9 nitrogen and oxygen atoms in total. The van der Waals surface area contributed by atoms with Crippen molar-refractivity contribution < 1.29 is 19.3 Å². The summed E-state index contributed by atoms with van der Waals surface area (Å²) in [7, 11) is 0. The van der Waals surface area contributed by atoms with Crippen molar-refractivity contribution in [2.75, 3.05) is 26.2 Å². The average molecular weight is 490 g/mol. The summed E-state index contributed by atoms with van der Waals surface area (Å²) < 4.78 is 0. The van der Waals surface area contributed by atoms with Crippen molar-refractivity contribution in [3.8, 4) is 0 Å². The number of H-pyrrole nitrogens is 1. The van der Waals surface area contributed by atoms with E-state index in [2.05, 4.69) is 15.5 Å². The second kappa shape index (κ2) is 10.5. The molecule has 2 aromatic carbocycles. The first kappa shape index (κ1) is 24.0. The number of carbonyl (C=O) groups excluding carboxylic acids is 3. The zero-order valence-corrected chi connectivity index (χ0v) is 20.3. The molecule has 0 radical (unpaired) electrons. The minimum absolute atomic E-state index is 0.0587. The Bertz CT molecular complexity index is 1230. The molecule has 2 fully saturated rings. The Labute approximate surface area is 210 Å². The number of nitrogens with two attached hydrogens (primary N) is 1. The number of piperazine rings is 1. The van der Waals surface area contributed by atoms with E-state index in [1.165, 1.54) is 4.90 Å². The number of rotatable bonds is 6. The summed E-state index contributed by atoms with van der Waals surface area (Å²) in [5, 5.41) is 11.0. The van der Waals surface area contributed by atoms with Gasteiger partial charge in [-0.3, -0.25) is 19.5 Å². The van der Waals surface area contributed by atoms with E-state index < -0.39 is 11.9 Å². The molecule has 3 aromatic rings. The van der Waals surface area contributed by atoms with Gasteiger partial charge in [-0.05, 0) is 24.5 Å². The fourth-order valence-corrected chi connectivity index (χ4v) is 5.79. The minimum atomic E-state index is -0.839. The normalized spacial score (nSPS) is 21.7. The Kier molecular flexibility index (Phi) is 6.99. The lowest BCUT2D eigenvalue weighted by Gasteiger charge is -2.41. The Morgan fingerprint density at radius 2 is 1.69 bits per heavy atom. The van der Waals surface area contributed by atoms with E-state index in [-0.39, 0.29) is 23.8 Å². The number of carbonyl (C=O) groups is 3. The minimum Gasteiger partial charge on any atom is -0.368 e. The fourth-order valence-electron chi connectivity index (χ4n) is 5.79. The molecule has 1 saturated carbocycles. The number of benzene rings is 2. The monoisotopic (exact) mass is 489 g/mol. The third-order valence-electron chi connectivity index (χ3n) is 7.70. The molecule has 3 amide bonds. The number of hydrogen-bond donors (Lipinski definition) is 4. The van der Waals surface area contributed by atoms with Gasteiger partial charge in [0.15, 0.2) is 5.69 Å². The zero-order chi connectivity index (χ0) is 25.1. The number of fused-ring (bicyclic) bond motifs is 1. The van der Waals surface area contributed by atoms with Crippen LogP contribution in [0.2, 0.25) is 0 Å². The number of primary amides is 1. The average Bonchev–Trinajstić information content (AvgIpc) is 3.36. The first-order valence-electron chi connectivity index (χ1n) is 12.7. The van der Waals surface area contributed by atoms with Gasteiger partial charge in [-0.15, -0.1) is 0 Å². The highest BCUT2D eigenvalue weighted by molar-refractivity contribution is 6.04. The number of quaternary nitrogens is 1. The van der Waals surface area contributed by atoms with Crippen LogP contribution in [-0.2, 0) is 9.59 Å². The van der Waals surface area contributed by atoms with Crippen LogP contribution in [0.15, 0.2) is 54.6 Å². The number of amides is 3. The van der Waals surface area contributed by atoms with Crippen molar-refractivity contribution in [3.63, 3.8) is 0 Å². The fraction of sp³-hybridized carbons (Fsp3) is 0.407. The van der Waals surface area contributed by atoms with Crippen molar-refractivity contribution in [1.29, 1.82) is 0 Å². The summed E-state index contributed by atoms with van der Waals surface area (Å²) in [5.41, 5.74) is 7.64. The van der Waals surface area contributed by atoms with Gasteiger partial charge in [-0.1, -0.05) is 55.0 Å². The van der Waals surface area contributed by atoms with E-state index in [1.807, 2.05) is 47.4 Å². The molecule has 1 aromatic heterocycles. The highest BCUT2D eigenvalue weighted by atomic mass is 16.2. The van der Waals surface area contributed by atoms with E-state index in [0.29, 0.717) is 24.3 Å². The molecular weight excluding hydrogens is 456 g/mol. The number of aromatic nitrogens is 2. The van der Waals surface area contributed by atoms with E-state index >= 15 is 0 Å². The van der Waals surface area contributed by atoms with Crippen LogP contribution in [0.25, 0.3) is 10.9 Å². The van der Waals surface area contributed by atoms with Crippen molar-refractivity contribution in [1.82, 2.24) is 20.4 Å². The highest BCUT2D eigenvalue weighted by Gasteiger charge is 2.41. The maximum atomic E-state index is 13.4. The molecule has 2 aliphatic rings.